The van der Waals surface area contributed by atoms with Gasteiger partial charge < -0.3 is 19.9 Å². The SMILES string of the molecule is O=C(c1cccnc1Cl)[N+]1(CCO)CCC(CNC[C@H]2COc3ccc(Cl)cc3O2)CC1. The number of piperidine rings is 1. The number of ether oxygens (including phenoxy) is 2. The van der Waals surface area contributed by atoms with E-state index in [0.29, 0.717) is 60.8 Å². The van der Waals surface area contributed by atoms with Gasteiger partial charge in [0.2, 0.25) is 0 Å². The quantitative estimate of drug-likeness (QED) is 0.467. The maximum atomic E-state index is 13.3. The number of carbonyl (C=O) groups excluding carboxylic acids is 1. The highest BCUT2D eigenvalue weighted by molar-refractivity contribution is 6.32. The molecular formula is C23H28Cl2N3O4+. The molecule has 4 rings (SSSR count). The molecule has 1 saturated heterocycles. The lowest BCUT2D eigenvalue weighted by Gasteiger charge is -2.41. The molecule has 1 amide bonds. The summed E-state index contributed by atoms with van der Waals surface area (Å²) >= 11 is 12.2. The molecule has 0 aliphatic carbocycles. The second kappa shape index (κ2) is 10.4. The van der Waals surface area contributed by atoms with Crippen molar-refractivity contribution in [2.75, 3.05) is 45.9 Å². The summed E-state index contributed by atoms with van der Waals surface area (Å²) in [5, 5.41) is 14.0. The maximum Gasteiger partial charge on any atom is 0.349 e. The van der Waals surface area contributed by atoms with Crippen molar-refractivity contribution in [3.05, 3.63) is 52.3 Å². The van der Waals surface area contributed by atoms with Crippen molar-refractivity contribution in [2.45, 2.75) is 18.9 Å². The number of nitrogens with zero attached hydrogens (tertiary/aromatic N) is 2. The monoisotopic (exact) mass is 480 g/mol. The second-order valence-electron chi connectivity index (χ2n) is 8.43. The Balaban J connectivity index is 1.28. The number of quaternary nitrogens is 1. The number of pyridine rings is 1. The highest BCUT2D eigenvalue weighted by atomic mass is 35.5. The summed E-state index contributed by atoms with van der Waals surface area (Å²) in [5.41, 5.74) is 0.425. The fraction of sp³-hybridized carbons (Fsp3) is 0.478. The average Bonchev–Trinajstić information content (AvgIpc) is 2.80. The summed E-state index contributed by atoms with van der Waals surface area (Å²) in [6.07, 6.45) is 3.26. The summed E-state index contributed by atoms with van der Waals surface area (Å²) in [6, 6.07) is 8.80. The Labute approximate surface area is 197 Å². The first-order valence-corrected chi connectivity index (χ1v) is 11.7. The Hall–Kier alpha value is -1.90. The van der Waals surface area contributed by atoms with Crippen LogP contribution in [0.2, 0.25) is 10.2 Å². The van der Waals surface area contributed by atoms with Crippen LogP contribution in [0.1, 0.15) is 23.2 Å². The molecule has 1 aromatic carbocycles. The van der Waals surface area contributed by atoms with Gasteiger partial charge >= 0.3 is 5.91 Å². The standard InChI is InChI=1S/C23H28Cl2N3O4/c24-17-3-4-20-21(12-17)32-18(15-31-20)14-26-13-16-5-8-28(9-6-16,10-11-29)23(30)19-2-1-7-27-22(19)25/h1-4,7,12,16,18,26,29H,5-6,8-11,13-15H2/q+1/t16?,18-,28?/m0/s1. The smallest absolute Gasteiger partial charge is 0.349 e. The minimum Gasteiger partial charge on any atom is -0.486 e. The number of hydrogen-bond acceptors (Lipinski definition) is 6. The highest BCUT2D eigenvalue weighted by Gasteiger charge is 2.41. The molecule has 0 spiro atoms. The molecule has 1 aromatic heterocycles. The molecule has 2 aliphatic rings. The Kier molecular flexibility index (Phi) is 7.53. The molecule has 1 atom stereocenters. The Bertz CT molecular complexity index is 951. The van der Waals surface area contributed by atoms with Crippen LogP contribution in [0.25, 0.3) is 0 Å². The zero-order chi connectivity index (χ0) is 22.6. The van der Waals surface area contributed by atoms with Gasteiger partial charge in [-0.3, -0.25) is 4.48 Å². The van der Waals surface area contributed by atoms with Gasteiger partial charge in [-0.25, -0.2) is 9.78 Å². The largest absolute Gasteiger partial charge is 0.486 e. The maximum absolute atomic E-state index is 13.3. The average molecular weight is 481 g/mol. The lowest BCUT2D eigenvalue weighted by molar-refractivity contribution is -0.856. The van der Waals surface area contributed by atoms with Gasteiger partial charge in [-0.05, 0) is 36.7 Å². The summed E-state index contributed by atoms with van der Waals surface area (Å²) in [7, 11) is 0. The summed E-state index contributed by atoms with van der Waals surface area (Å²) < 4.78 is 12.0. The van der Waals surface area contributed by atoms with Crippen LogP contribution in [-0.4, -0.2) is 72.5 Å². The second-order valence-corrected chi connectivity index (χ2v) is 9.22. The van der Waals surface area contributed by atoms with Crippen LogP contribution in [0.4, 0.5) is 0 Å². The van der Waals surface area contributed by atoms with Gasteiger partial charge in [0, 0.05) is 36.7 Å². The third-order valence-electron chi connectivity index (χ3n) is 6.31. The highest BCUT2D eigenvalue weighted by Crippen LogP contribution is 2.34. The molecular weight excluding hydrogens is 453 g/mol. The summed E-state index contributed by atoms with van der Waals surface area (Å²) in [4.78, 5) is 17.3. The number of hydrogen-bond donors (Lipinski definition) is 2. The van der Waals surface area contributed by atoms with Crippen molar-refractivity contribution in [3.8, 4) is 11.5 Å². The predicted molar refractivity (Wildman–Crippen MR) is 122 cm³/mol. The van der Waals surface area contributed by atoms with Gasteiger partial charge in [0.25, 0.3) is 0 Å². The lowest BCUT2D eigenvalue weighted by Crippen LogP contribution is -2.59. The van der Waals surface area contributed by atoms with Crippen LogP contribution in [0, 0.1) is 5.92 Å². The van der Waals surface area contributed by atoms with E-state index < -0.39 is 0 Å². The van der Waals surface area contributed by atoms with Crippen LogP contribution in [0.3, 0.4) is 0 Å². The van der Waals surface area contributed by atoms with E-state index in [0.717, 1.165) is 19.4 Å². The van der Waals surface area contributed by atoms with Crippen LogP contribution in [-0.2, 0) is 0 Å². The first-order valence-electron chi connectivity index (χ1n) is 10.9. The molecule has 172 valence electrons. The Morgan fingerprint density at radius 3 is 2.75 bits per heavy atom. The van der Waals surface area contributed by atoms with Crippen molar-refractivity contribution >= 4 is 29.1 Å². The molecule has 32 heavy (non-hydrogen) atoms. The molecule has 0 unspecified atom stereocenters. The zero-order valence-corrected chi connectivity index (χ0v) is 19.3. The number of aromatic nitrogens is 1. The first kappa shape index (κ1) is 23.3. The number of halogens is 2. The molecule has 0 saturated carbocycles. The minimum absolute atomic E-state index is 0.0446. The molecule has 2 aromatic rings. The number of carbonyl (C=O) groups is 1. The van der Waals surface area contributed by atoms with Crippen molar-refractivity contribution < 1.29 is 23.9 Å². The number of benzene rings is 1. The van der Waals surface area contributed by atoms with Gasteiger partial charge in [0.15, 0.2) is 11.5 Å². The summed E-state index contributed by atoms with van der Waals surface area (Å²) in [6.45, 7) is 3.68. The number of fused-ring (bicyclic) bond motifs is 1. The van der Waals surface area contributed by atoms with Crippen molar-refractivity contribution in [1.29, 1.82) is 0 Å². The van der Waals surface area contributed by atoms with Crippen molar-refractivity contribution in [3.63, 3.8) is 0 Å². The number of aliphatic hydroxyl groups is 1. The van der Waals surface area contributed by atoms with E-state index in [1.165, 1.54) is 0 Å². The zero-order valence-electron chi connectivity index (χ0n) is 17.8. The van der Waals surface area contributed by atoms with Gasteiger partial charge in [-0.15, -0.1) is 0 Å². The fourth-order valence-electron chi connectivity index (χ4n) is 4.48. The number of rotatable bonds is 7. The molecule has 7 nitrogen and oxygen atoms in total. The number of likely N-dealkylation sites (tertiary alicyclic amines) is 1. The van der Waals surface area contributed by atoms with Crippen LogP contribution >= 0.6 is 23.2 Å². The molecule has 9 heteroatoms. The fourth-order valence-corrected chi connectivity index (χ4v) is 4.84. The van der Waals surface area contributed by atoms with Crippen molar-refractivity contribution in [1.82, 2.24) is 10.3 Å². The van der Waals surface area contributed by atoms with E-state index in [-0.39, 0.29) is 28.3 Å². The van der Waals surface area contributed by atoms with Gasteiger partial charge in [-0.2, -0.15) is 0 Å². The first-order chi connectivity index (χ1) is 15.5. The van der Waals surface area contributed by atoms with E-state index in [2.05, 4.69) is 10.3 Å². The van der Waals surface area contributed by atoms with Gasteiger partial charge in [0.1, 0.15) is 30.0 Å². The number of amides is 1. The molecule has 1 fully saturated rings. The molecule has 0 bridgehead atoms. The number of aliphatic hydroxyl groups excluding tert-OH is 1. The van der Waals surface area contributed by atoms with E-state index >= 15 is 0 Å². The lowest BCUT2D eigenvalue weighted by atomic mass is 9.93. The van der Waals surface area contributed by atoms with E-state index in [4.69, 9.17) is 32.7 Å². The van der Waals surface area contributed by atoms with Crippen LogP contribution < -0.4 is 14.8 Å². The van der Waals surface area contributed by atoms with Crippen molar-refractivity contribution in [2.24, 2.45) is 5.92 Å². The predicted octanol–water partition coefficient (Wildman–Crippen LogP) is 3.18. The van der Waals surface area contributed by atoms with E-state index in [1.54, 1.807) is 30.5 Å². The van der Waals surface area contributed by atoms with Gasteiger partial charge in [0.05, 0.1) is 19.7 Å². The van der Waals surface area contributed by atoms with Crippen LogP contribution in [0.5, 0.6) is 11.5 Å². The minimum atomic E-state index is -0.0804. The van der Waals surface area contributed by atoms with E-state index in [9.17, 15) is 9.90 Å². The topological polar surface area (TPSA) is 80.7 Å². The molecule has 2 N–H and O–H groups in total. The third-order valence-corrected chi connectivity index (χ3v) is 6.84. The van der Waals surface area contributed by atoms with E-state index in [1.807, 2.05) is 6.07 Å². The third kappa shape index (κ3) is 5.18. The number of nitrogens with one attached hydrogen (secondary N) is 1. The molecule has 2 aliphatic heterocycles. The summed E-state index contributed by atoms with van der Waals surface area (Å²) in [5.74, 6) is 1.78. The van der Waals surface area contributed by atoms with Crippen LogP contribution in [0.15, 0.2) is 36.5 Å². The van der Waals surface area contributed by atoms with Gasteiger partial charge in [-0.1, -0.05) is 23.2 Å². The molecule has 0 radical (unpaired) electrons. The Morgan fingerprint density at radius 2 is 2.00 bits per heavy atom. The Morgan fingerprint density at radius 1 is 1.19 bits per heavy atom. The normalized spacial score (nSPS) is 24.8. The molecule has 3 heterocycles.